The van der Waals surface area contributed by atoms with Crippen LogP contribution < -0.4 is 5.32 Å². The fourth-order valence-electron chi connectivity index (χ4n) is 3.56. The normalized spacial score (nSPS) is 13.0. The molecule has 0 aliphatic heterocycles. The van der Waals surface area contributed by atoms with E-state index in [0.717, 1.165) is 4.90 Å². The zero-order valence-corrected chi connectivity index (χ0v) is 18.7. The molecule has 0 saturated heterocycles. The second kappa shape index (κ2) is 9.83. The van der Waals surface area contributed by atoms with Crippen LogP contribution in [0.25, 0.3) is 0 Å². The van der Waals surface area contributed by atoms with Gasteiger partial charge < -0.3 is 10.1 Å². The van der Waals surface area contributed by atoms with Gasteiger partial charge in [-0.05, 0) is 25.1 Å². The molecule has 1 amide bonds. The van der Waals surface area contributed by atoms with Gasteiger partial charge >= 0.3 is 5.97 Å². The fourth-order valence-corrected chi connectivity index (χ4v) is 4.42. The number of ketones is 2. The largest absolute Gasteiger partial charge is 0.453 e. The number of thioether (sulfide) groups is 1. The zero-order valence-electron chi connectivity index (χ0n) is 17.9. The van der Waals surface area contributed by atoms with Crippen molar-refractivity contribution in [2.24, 2.45) is 0 Å². The van der Waals surface area contributed by atoms with E-state index in [9.17, 15) is 19.2 Å². The lowest BCUT2D eigenvalue weighted by molar-refractivity contribution is -0.152. The van der Waals surface area contributed by atoms with Crippen LogP contribution in [0, 0.1) is 0 Å². The van der Waals surface area contributed by atoms with E-state index >= 15 is 0 Å². The highest BCUT2D eigenvalue weighted by molar-refractivity contribution is 7.99. The number of anilines is 1. The monoisotopic (exact) mass is 459 g/mol. The Morgan fingerprint density at radius 3 is 2.21 bits per heavy atom. The Labute approximate surface area is 195 Å². The molecule has 4 rings (SSSR count). The molecule has 1 unspecified atom stereocenters. The second-order valence-electron chi connectivity index (χ2n) is 7.46. The number of carbonyl (C=O) groups excluding carboxylic acids is 4. The lowest BCUT2D eigenvalue weighted by atomic mass is 9.83. The number of nitrogens with one attached hydrogen (secondary N) is 1. The Balaban J connectivity index is 1.40. The summed E-state index contributed by atoms with van der Waals surface area (Å²) < 4.78 is 5.25. The van der Waals surface area contributed by atoms with Gasteiger partial charge in [0.25, 0.3) is 5.91 Å². The van der Waals surface area contributed by atoms with Crippen LogP contribution in [0.4, 0.5) is 5.69 Å². The van der Waals surface area contributed by atoms with Gasteiger partial charge in [-0.2, -0.15) is 0 Å². The summed E-state index contributed by atoms with van der Waals surface area (Å²) in [5.74, 6) is -1.15. The minimum absolute atomic E-state index is 0.146. The Hall–Kier alpha value is -3.71. The van der Waals surface area contributed by atoms with Gasteiger partial charge in [0, 0.05) is 27.3 Å². The molecular weight excluding hydrogens is 438 g/mol. The average Bonchev–Trinajstić information content (AvgIpc) is 2.83. The fraction of sp³-hybridized carbons (Fsp3) is 0.154. The van der Waals surface area contributed by atoms with Gasteiger partial charge in [0.05, 0.1) is 17.7 Å². The maximum absolute atomic E-state index is 13.0. The minimum Gasteiger partial charge on any atom is -0.453 e. The SMILES string of the molecule is CC(OC(=O)CCSc1ccccc1)C(=O)Nc1cccc2c1C(=O)c1ccccc1C2=O. The summed E-state index contributed by atoms with van der Waals surface area (Å²) in [6.07, 6.45) is -0.904. The maximum atomic E-state index is 13.0. The number of benzene rings is 3. The molecule has 0 heterocycles. The number of hydrogen-bond acceptors (Lipinski definition) is 6. The molecule has 3 aromatic rings. The quantitative estimate of drug-likeness (QED) is 0.323. The summed E-state index contributed by atoms with van der Waals surface area (Å²) in [6.45, 7) is 1.47. The van der Waals surface area contributed by atoms with E-state index in [1.807, 2.05) is 30.3 Å². The van der Waals surface area contributed by atoms with E-state index in [-0.39, 0.29) is 34.8 Å². The van der Waals surface area contributed by atoms with Crippen molar-refractivity contribution in [2.75, 3.05) is 11.1 Å². The van der Waals surface area contributed by atoms with E-state index in [1.165, 1.54) is 18.7 Å². The van der Waals surface area contributed by atoms with Crippen LogP contribution in [0.5, 0.6) is 0 Å². The Morgan fingerprint density at radius 2 is 1.48 bits per heavy atom. The number of fused-ring (bicyclic) bond motifs is 2. The predicted octanol–water partition coefficient (Wildman–Crippen LogP) is 4.51. The first-order chi connectivity index (χ1) is 16.0. The van der Waals surface area contributed by atoms with Crippen molar-refractivity contribution in [3.63, 3.8) is 0 Å². The van der Waals surface area contributed by atoms with E-state index in [0.29, 0.717) is 16.9 Å². The van der Waals surface area contributed by atoms with Crippen molar-refractivity contribution in [3.05, 3.63) is 95.1 Å². The minimum atomic E-state index is -1.06. The van der Waals surface area contributed by atoms with E-state index in [4.69, 9.17) is 4.74 Å². The van der Waals surface area contributed by atoms with Crippen LogP contribution in [0.1, 0.15) is 45.2 Å². The Bertz CT molecular complexity index is 1240. The summed E-state index contributed by atoms with van der Waals surface area (Å²) in [7, 11) is 0. The number of amides is 1. The smallest absolute Gasteiger partial charge is 0.307 e. The van der Waals surface area contributed by atoms with Gasteiger partial charge in [-0.3, -0.25) is 19.2 Å². The van der Waals surface area contributed by atoms with Gasteiger partial charge in [-0.15, -0.1) is 11.8 Å². The van der Waals surface area contributed by atoms with Crippen LogP contribution >= 0.6 is 11.8 Å². The lowest BCUT2D eigenvalue weighted by Gasteiger charge is -2.21. The van der Waals surface area contributed by atoms with Crippen molar-refractivity contribution in [1.29, 1.82) is 0 Å². The number of rotatable bonds is 7. The first-order valence-electron chi connectivity index (χ1n) is 10.5. The Kier molecular flexibility index (Phi) is 6.70. The molecule has 0 bridgehead atoms. The molecule has 7 heteroatoms. The van der Waals surface area contributed by atoms with Crippen molar-refractivity contribution < 1.29 is 23.9 Å². The molecule has 0 fully saturated rings. The number of esters is 1. The lowest BCUT2D eigenvalue weighted by Crippen LogP contribution is -2.31. The summed E-state index contributed by atoms with van der Waals surface area (Å²) in [5.41, 5.74) is 1.24. The molecule has 1 atom stereocenters. The van der Waals surface area contributed by atoms with Crippen LogP contribution in [0.15, 0.2) is 77.7 Å². The van der Waals surface area contributed by atoms with Crippen molar-refractivity contribution in [1.82, 2.24) is 0 Å². The second-order valence-corrected chi connectivity index (χ2v) is 8.63. The summed E-state index contributed by atoms with van der Waals surface area (Å²) >= 11 is 1.53. The molecule has 33 heavy (non-hydrogen) atoms. The third kappa shape index (κ3) is 4.88. The molecule has 1 N–H and O–H groups in total. The van der Waals surface area contributed by atoms with Gasteiger partial charge in [0.2, 0.25) is 0 Å². The van der Waals surface area contributed by atoms with Gasteiger partial charge in [0.1, 0.15) is 0 Å². The molecule has 0 spiro atoms. The molecule has 1 aliphatic carbocycles. The maximum Gasteiger partial charge on any atom is 0.307 e. The first kappa shape index (κ1) is 22.5. The molecule has 166 valence electrons. The molecular formula is C26H21NO5S. The van der Waals surface area contributed by atoms with Crippen molar-refractivity contribution in [2.45, 2.75) is 24.3 Å². The highest BCUT2D eigenvalue weighted by Gasteiger charge is 2.32. The van der Waals surface area contributed by atoms with Gasteiger partial charge in [-0.25, -0.2) is 0 Å². The topological polar surface area (TPSA) is 89.5 Å². The summed E-state index contributed by atoms with van der Waals surface area (Å²) in [4.78, 5) is 51.8. The molecule has 0 aromatic heterocycles. The zero-order chi connectivity index (χ0) is 23.4. The van der Waals surface area contributed by atoms with Crippen molar-refractivity contribution >= 4 is 40.9 Å². The molecule has 3 aromatic carbocycles. The number of ether oxygens (including phenoxy) is 1. The van der Waals surface area contributed by atoms with Crippen LogP contribution in [-0.2, 0) is 14.3 Å². The van der Waals surface area contributed by atoms with Crippen LogP contribution in [0.3, 0.4) is 0 Å². The Morgan fingerprint density at radius 1 is 0.848 bits per heavy atom. The molecule has 1 aliphatic rings. The van der Waals surface area contributed by atoms with Crippen LogP contribution in [0.2, 0.25) is 0 Å². The van der Waals surface area contributed by atoms with Gasteiger partial charge in [0.15, 0.2) is 17.7 Å². The van der Waals surface area contributed by atoms with E-state index in [2.05, 4.69) is 5.32 Å². The number of hydrogen-bond donors (Lipinski definition) is 1. The summed E-state index contributed by atoms with van der Waals surface area (Å²) in [6, 6.07) is 21.0. The number of carbonyl (C=O) groups is 4. The molecule has 0 radical (unpaired) electrons. The summed E-state index contributed by atoms with van der Waals surface area (Å²) in [5, 5.41) is 2.64. The van der Waals surface area contributed by atoms with E-state index in [1.54, 1.807) is 42.5 Å². The molecule has 6 nitrogen and oxygen atoms in total. The van der Waals surface area contributed by atoms with Crippen molar-refractivity contribution in [3.8, 4) is 0 Å². The highest BCUT2D eigenvalue weighted by atomic mass is 32.2. The third-order valence-electron chi connectivity index (χ3n) is 5.21. The van der Waals surface area contributed by atoms with Crippen LogP contribution in [-0.4, -0.2) is 35.3 Å². The average molecular weight is 460 g/mol. The first-order valence-corrected chi connectivity index (χ1v) is 11.4. The third-order valence-corrected chi connectivity index (χ3v) is 6.22. The van der Waals surface area contributed by atoms with E-state index < -0.39 is 18.0 Å². The highest BCUT2D eigenvalue weighted by Crippen LogP contribution is 2.32. The van der Waals surface area contributed by atoms with Gasteiger partial charge in [-0.1, -0.05) is 54.6 Å². The standard InChI is InChI=1S/C26H21NO5S/c1-16(32-22(28)14-15-33-17-8-3-2-4-9-17)26(31)27-21-13-7-12-20-23(21)25(30)19-11-6-5-10-18(19)24(20)29/h2-13,16H,14-15H2,1H3,(H,27,31). The predicted molar refractivity (Wildman–Crippen MR) is 126 cm³/mol. The molecule has 0 saturated carbocycles.